The van der Waals surface area contributed by atoms with Gasteiger partial charge in [-0.3, -0.25) is 24.6 Å². The summed E-state index contributed by atoms with van der Waals surface area (Å²) in [5.41, 5.74) is 1.60. The minimum atomic E-state index is -2.74. The van der Waals surface area contributed by atoms with Crippen molar-refractivity contribution in [1.82, 2.24) is 4.90 Å². The molecule has 0 heterocycles. The Morgan fingerprint density at radius 2 is 1.69 bits per heavy atom. The maximum Gasteiger partial charge on any atom is 0.417 e. The monoisotopic (exact) mass is 579 g/mol. The standard InChI is InChI=1S/C29H29N3O10/c1-32(2)22-16-11-12-10-15-17(31-28(39)42-14-6-4-13(41-3)5-7-14)8-9-18(33)20(15)23(34)19(12)25(36)29(16,40)26(37)21(24(22)35)27(30)38/h4-9,12,16,22,33,35-36,40H,10-11H2,1-3H3,(H2,30,38)(H,31,39). The number of carbonyl (C=O) groups is 4. The number of amides is 2. The van der Waals surface area contributed by atoms with Crippen molar-refractivity contribution in [3.8, 4) is 17.2 Å². The lowest BCUT2D eigenvalue weighted by Crippen LogP contribution is -2.63. The van der Waals surface area contributed by atoms with Gasteiger partial charge in [0.2, 0.25) is 5.78 Å². The van der Waals surface area contributed by atoms with Crippen LogP contribution in [0.2, 0.25) is 0 Å². The first kappa shape index (κ1) is 28.6. The van der Waals surface area contributed by atoms with Gasteiger partial charge in [0.15, 0.2) is 11.4 Å². The summed E-state index contributed by atoms with van der Waals surface area (Å²) in [6, 6.07) is 7.71. The van der Waals surface area contributed by atoms with Crippen molar-refractivity contribution in [2.45, 2.75) is 24.5 Å². The summed E-state index contributed by atoms with van der Waals surface area (Å²) in [6.45, 7) is 0. The van der Waals surface area contributed by atoms with Crippen LogP contribution in [0.4, 0.5) is 10.5 Å². The third-order valence-electron chi connectivity index (χ3n) is 8.11. The summed E-state index contributed by atoms with van der Waals surface area (Å²) in [4.78, 5) is 53.4. The molecule has 2 amide bonds. The van der Waals surface area contributed by atoms with Gasteiger partial charge in [0.05, 0.1) is 18.7 Å². The van der Waals surface area contributed by atoms with E-state index >= 15 is 0 Å². The molecule has 42 heavy (non-hydrogen) atoms. The van der Waals surface area contributed by atoms with Crippen molar-refractivity contribution in [2.24, 2.45) is 17.6 Å². The van der Waals surface area contributed by atoms with Gasteiger partial charge in [0, 0.05) is 17.2 Å². The topological polar surface area (TPSA) is 209 Å². The van der Waals surface area contributed by atoms with E-state index in [0.717, 1.165) is 0 Å². The summed E-state index contributed by atoms with van der Waals surface area (Å²) in [7, 11) is 4.58. The Labute approximate surface area is 239 Å². The van der Waals surface area contributed by atoms with Crippen molar-refractivity contribution in [3.63, 3.8) is 0 Å². The van der Waals surface area contributed by atoms with E-state index in [1.807, 2.05) is 0 Å². The van der Waals surface area contributed by atoms with E-state index in [4.69, 9.17) is 15.2 Å². The van der Waals surface area contributed by atoms with Gasteiger partial charge in [-0.15, -0.1) is 0 Å². The average molecular weight is 580 g/mol. The number of ketones is 2. The lowest BCUT2D eigenvalue weighted by molar-refractivity contribution is -0.148. The van der Waals surface area contributed by atoms with Gasteiger partial charge in [-0.2, -0.15) is 0 Å². The van der Waals surface area contributed by atoms with Crippen LogP contribution in [0.5, 0.6) is 17.2 Å². The second-order valence-electron chi connectivity index (χ2n) is 10.6. The smallest absolute Gasteiger partial charge is 0.417 e. The number of Topliss-reactive ketones (excluding diaryl/α,β-unsaturated/α-hetero) is 2. The molecule has 0 fully saturated rings. The van der Waals surface area contributed by atoms with Gasteiger partial charge in [-0.05, 0) is 74.8 Å². The van der Waals surface area contributed by atoms with Crippen LogP contribution in [0.15, 0.2) is 59.1 Å². The van der Waals surface area contributed by atoms with E-state index in [9.17, 15) is 39.6 Å². The Bertz CT molecular complexity index is 1590. The van der Waals surface area contributed by atoms with Crippen LogP contribution >= 0.6 is 0 Å². The minimum Gasteiger partial charge on any atom is -0.510 e. The number of nitrogens with two attached hydrogens (primary N) is 1. The second-order valence-corrected chi connectivity index (χ2v) is 10.6. The maximum absolute atomic E-state index is 13.8. The number of nitrogens with zero attached hydrogens (tertiary/aromatic N) is 1. The number of methoxy groups -OCH3 is 1. The number of carbonyl (C=O) groups excluding carboxylic acids is 4. The Morgan fingerprint density at radius 3 is 2.29 bits per heavy atom. The lowest BCUT2D eigenvalue weighted by Gasteiger charge is -2.50. The molecule has 0 saturated heterocycles. The number of aromatic hydroxyl groups is 1. The highest BCUT2D eigenvalue weighted by Gasteiger charge is 2.63. The SMILES string of the molecule is COc1ccc(OC(=O)Nc2ccc(O)c3c2CC2CC4C(N(C)C)C(O)=C(C(N)=O)C(=O)C4(O)C(O)=C2C3=O)cc1. The number of anilines is 1. The molecule has 3 aliphatic carbocycles. The minimum absolute atomic E-state index is 0.00108. The first-order valence-electron chi connectivity index (χ1n) is 12.9. The molecular formula is C29H29N3O10. The molecule has 13 heteroatoms. The first-order chi connectivity index (χ1) is 19.8. The molecule has 13 nitrogen and oxygen atoms in total. The van der Waals surface area contributed by atoms with Gasteiger partial charge in [-0.1, -0.05) is 0 Å². The van der Waals surface area contributed by atoms with Crippen molar-refractivity contribution in [2.75, 3.05) is 26.5 Å². The van der Waals surface area contributed by atoms with Gasteiger partial charge in [-0.25, -0.2) is 4.79 Å². The van der Waals surface area contributed by atoms with Gasteiger partial charge >= 0.3 is 6.09 Å². The Morgan fingerprint density at radius 1 is 1.05 bits per heavy atom. The van der Waals surface area contributed by atoms with Crippen LogP contribution in [0.1, 0.15) is 22.3 Å². The number of nitrogens with one attached hydrogen (secondary N) is 1. The molecule has 5 rings (SSSR count). The highest BCUT2D eigenvalue weighted by Crippen LogP contribution is 2.52. The zero-order chi connectivity index (χ0) is 30.7. The molecule has 0 bridgehead atoms. The summed E-state index contributed by atoms with van der Waals surface area (Å²) >= 11 is 0. The highest BCUT2D eigenvalue weighted by molar-refractivity contribution is 6.25. The van der Waals surface area contributed by atoms with E-state index in [0.29, 0.717) is 5.75 Å². The molecule has 3 aliphatic rings. The predicted octanol–water partition coefficient (Wildman–Crippen LogP) is 1.74. The lowest BCUT2D eigenvalue weighted by atomic mass is 9.58. The number of fused-ring (bicyclic) bond motifs is 3. The number of ether oxygens (including phenoxy) is 2. The van der Waals surface area contributed by atoms with Crippen LogP contribution < -0.4 is 20.5 Å². The fraction of sp³-hybridized carbons (Fsp3) is 0.310. The summed E-state index contributed by atoms with van der Waals surface area (Å²) < 4.78 is 10.4. The van der Waals surface area contributed by atoms with Crippen LogP contribution in [-0.2, 0) is 16.0 Å². The number of phenolic OH excluding ortho intramolecular Hbond substituents is 1. The van der Waals surface area contributed by atoms with Gasteiger partial charge < -0.3 is 35.6 Å². The van der Waals surface area contributed by atoms with Crippen LogP contribution in [0, 0.1) is 11.8 Å². The molecule has 0 spiro atoms. The molecule has 0 aromatic heterocycles. The van der Waals surface area contributed by atoms with E-state index < -0.39 is 69.9 Å². The molecule has 4 unspecified atom stereocenters. The molecule has 0 radical (unpaired) electrons. The van der Waals surface area contributed by atoms with E-state index in [1.54, 1.807) is 26.2 Å². The van der Waals surface area contributed by atoms with Crippen molar-refractivity contribution >= 4 is 29.3 Å². The quantitative estimate of drug-likeness (QED) is 0.222. The normalized spacial score (nSPS) is 25.0. The number of phenols is 1. The number of hydrogen-bond acceptors (Lipinski definition) is 11. The van der Waals surface area contributed by atoms with Gasteiger partial charge in [0.25, 0.3) is 5.91 Å². The number of likely N-dealkylation sites (N-methyl/N-ethyl adjacent to an activating group) is 1. The number of allylic oxidation sites excluding steroid dienone is 1. The number of aliphatic hydroxyl groups excluding tert-OH is 2. The molecule has 4 atom stereocenters. The fourth-order valence-electron chi connectivity index (χ4n) is 6.25. The first-order valence-corrected chi connectivity index (χ1v) is 12.9. The fourth-order valence-corrected chi connectivity index (χ4v) is 6.25. The molecular weight excluding hydrogens is 550 g/mol. The highest BCUT2D eigenvalue weighted by atomic mass is 16.6. The zero-order valence-electron chi connectivity index (χ0n) is 22.9. The number of primary amides is 1. The average Bonchev–Trinajstić information content (AvgIpc) is 2.92. The number of rotatable bonds is 5. The number of hydrogen-bond donors (Lipinski definition) is 6. The summed E-state index contributed by atoms with van der Waals surface area (Å²) in [5, 5.41) is 47.1. The van der Waals surface area contributed by atoms with Gasteiger partial charge in [0.1, 0.15) is 34.3 Å². The van der Waals surface area contributed by atoms with E-state index in [2.05, 4.69) is 5.32 Å². The van der Waals surface area contributed by atoms with Crippen LogP contribution in [-0.4, -0.2) is 81.7 Å². The Hall–Kier alpha value is -4.88. The van der Waals surface area contributed by atoms with Crippen LogP contribution in [0.3, 0.4) is 0 Å². The second kappa shape index (κ2) is 10.2. The summed E-state index contributed by atoms with van der Waals surface area (Å²) in [6.07, 6.45) is -0.958. The molecule has 220 valence electrons. The Kier molecular flexibility index (Phi) is 6.95. The number of aliphatic hydroxyl groups is 3. The summed E-state index contributed by atoms with van der Waals surface area (Å²) in [5.74, 6) is -6.76. The van der Waals surface area contributed by atoms with Crippen LogP contribution in [0.25, 0.3) is 0 Å². The number of benzene rings is 2. The van der Waals surface area contributed by atoms with Crippen molar-refractivity contribution in [1.29, 1.82) is 0 Å². The Balaban J connectivity index is 1.55. The van der Waals surface area contributed by atoms with Crippen molar-refractivity contribution < 1.29 is 49.1 Å². The molecule has 7 N–H and O–H groups in total. The molecule has 2 aromatic rings. The van der Waals surface area contributed by atoms with E-state index in [-0.39, 0.29) is 41.0 Å². The van der Waals surface area contributed by atoms with E-state index in [1.165, 1.54) is 36.3 Å². The molecule has 0 aliphatic heterocycles. The van der Waals surface area contributed by atoms with Crippen molar-refractivity contribution in [3.05, 3.63) is 70.2 Å². The largest absolute Gasteiger partial charge is 0.510 e. The predicted molar refractivity (Wildman–Crippen MR) is 146 cm³/mol. The molecule has 0 saturated carbocycles. The molecule has 2 aromatic carbocycles. The maximum atomic E-state index is 13.8. The third kappa shape index (κ3) is 4.25. The third-order valence-corrected chi connectivity index (χ3v) is 8.11. The zero-order valence-corrected chi connectivity index (χ0v) is 22.9.